The van der Waals surface area contributed by atoms with Gasteiger partial charge in [-0.05, 0) is 24.1 Å². The van der Waals surface area contributed by atoms with Crippen LogP contribution in [0, 0.1) is 5.82 Å². The number of nitrogens with one attached hydrogen (secondary N) is 2. The third kappa shape index (κ3) is 2.76. The molecule has 0 aromatic heterocycles. The normalized spacial score (nSPS) is 23.7. The van der Waals surface area contributed by atoms with Crippen molar-refractivity contribution in [2.75, 3.05) is 31.1 Å². The highest BCUT2D eigenvalue weighted by Crippen LogP contribution is 2.32. The molecule has 2 fully saturated rings. The Kier molecular flexibility index (Phi) is 3.91. The van der Waals surface area contributed by atoms with Crippen molar-refractivity contribution < 1.29 is 18.8 Å². The minimum absolute atomic E-state index is 0.205. The topological polar surface area (TPSA) is 81.8 Å². The smallest absolute Gasteiger partial charge is 0.255 e. The van der Waals surface area contributed by atoms with Crippen molar-refractivity contribution in [1.29, 1.82) is 0 Å². The number of anilines is 1. The quantitative estimate of drug-likeness (QED) is 0.737. The molecule has 3 amide bonds. The number of rotatable bonds is 2. The third-order valence-electron chi connectivity index (χ3n) is 5.05. The zero-order chi connectivity index (χ0) is 17.6. The summed E-state index contributed by atoms with van der Waals surface area (Å²) in [7, 11) is 0. The molecule has 1 atom stereocenters. The molecule has 1 aromatic rings. The average Bonchev–Trinajstić information content (AvgIpc) is 2.91. The highest BCUT2D eigenvalue weighted by Gasteiger charge is 2.39. The Balaban J connectivity index is 1.60. The molecule has 0 bridgehead atoms. The summed E-state index contributed by atoms with van der Waals surface area (Å²) in [5.74, 6) is -1.55. The van der Waals surface area contributed by atoms with Gasteiger partial charge in [0.2, 0.25) is 11.8 Å². The predicted molar refractivity (Wildman–Crippen MR) is 87.5 cm³/mol. The molecule has 7 nitrogen and oxygen atoms in total. The van der Waals surface area contributed by atoms with Crippen LogP contribution in [-0.4, -0.2) is 54.8 Å². The molecule has 0 saturated carbocycles. The Bertz CT molecular complexity index is 761. The minimum atomic E-state index is -0.678. The van der Waals surface area contributed by atoms with Crippen LogP contribution in [0.3, 0.4) is 0 Å². The maximum atomic E-state index is 14.5. The first-order chi connectivity index (χ1) is 12.0. The number of piperidine rings is 1. The Morgan fingerprint density at radius 3 is 2.60 bits per heavy atom. The van der Waals surface area contributed by atoms with Gasteiger partial charge in [0.1, 0.15) is 11.9 Å². The fraction of sp³-hybridized carbons (Fsp3) is 0.471. The number of hydrogen-bond donors (Lipinski definition) is 2. The predicted octanol–water partition coefficient (Wildman–Crippen LogP) is -0.00370. The van der Waals surface area contributed by atoms with E-state index in [-0.39, 0.29) is 24.8 Å². The number of fused-ring (bicyclic) bond motifs is 1. The standard InChI is InChI=1S/C17H19FN4O3/c18-12-8-11-10(7-14(12)21-5-3-19-4-6-21)9-22(17(11)25)13-1-2-15(23)20-16(13)24/h7-8,13,19H,1-6,9H2,(H,20,23,24)/t13-/m1/s1. The highest BCUT2D eigenvalue weighted by atomic mass is 19.1. The monoisotopic (exact) mass is 346 g/mol. The average molecular weight is 346 g/mol. The molecule has 0 aliphatic carbocycles. The van der Waals surface area contributed by atoms with Crippen LogP contribution in [0.1, 0.15) is 28.8 Å². The molecule has 0 spiro atoms. The van der Waals surface area contributed by atoms with Gasteiger partial charge in [-0.2, -0.15) is 0 Å². The summed E-state index contributed by atoms with van der Waals surface area (Å²) in [5, 5.41) is 5.49. The summed E-state index contributed by atoms with van der Waals surface area (Å²) in [5.41, 5.74) is 1.53. The Labute approximate surface area is 144 Å². The summed E-state index contributed by atoms with van der Waals surface area (Å²) in [6, 6.07) is 2.32. The largest absolute Gasteiger partial charge is 0.367 e. The summed E-state index contributed by atoms with van der Waals surface area (Å²) in [6.45, 7) is 3.26. The highest BCUT2D eigenvalue weighted by molar-refractivity contribution is 6.05. The number of benzene rings is 1. The van der Waals surface area contributed by atoms with E-state index in [2.05, 4.69) is 10.6 Å². The molecule has 3 aliphatic rings. The van der Waals surface area contributed by atoms with E-state index >= 15 is 0 Å². The number of amides is 3. The fourth-order valence-corrected chi connectivity index (χ4v) is 3.72. The minimum Gasteiger partial charge on any atom is -0.367 e. The Morgan fingerprint density at radius 2 is 1.88 bits per heavy atom. The van der Waals surface area contributed by atoms with E-state index in [1.165, 1.54) is 11.0 Å². The van der Waals surface area contributed by atoms with Crippen LogP contribution in [0.15, 0.2) is 12.1 Å². The molecule has 1 aromatic carbocycles. The fourth-order valence-electron chi connectivity index (χ4n) is 3.72. The van der Waals surface area contributed by atoms with Gasteiger partial charge < -0.3 is 15.1 Å². The molecule has 0 unspecified atom stereocenters. The van der Waals surface area contributed by atoms with Gasteiger partial charge in [0.15, 0.2) is 0 Å². The first-order valence-electron chi connectivity index (χ1n) is 8.47. The summed E-state index contributed by atoms with van der Waals surface area (Å²) in [6.07, 6.45) is 0.508. The summed E-state index contributed by atoms with van der Waals surface area (Å²) in [4.78, 5) is 39.4. The van der Waals surface area contributed by atoms with Crippen LogP contribution in [0.2, 0.25) is 0 Å². The van der Waals surface area contributed by atoms with Crippen molar-refractivity contribution in [3.8, 4) is 0 Å². The van der Waals surface area contributed by atoms with Crippen LogP contribution in [0.4, 0.5) is 10.1 Å². The van der Waals surface area contributed by atoms with Gasteiger partial charge in [-0.3, -0.25) is 19.7 Å². The number of halogens is 1. The number of hydrogen-bond acceptors (Lipinski definition) is 5. The third-order valence-corrected chi connectivity index (χ3v) is 5.05. The van der Waals surface area contributed by atoms with Crippen LogP contribution in [-0.2, 0) is 16.1 Å². The second-order valence-corrected chi connectivity index (χ2v) is 6.60. The molecular weight excluding hydrogens is 327 g/mol. The molecule has 132 valence electrons. The van der Waals surface area contributed by atoms with Gasteiger partial charge in [0.25, 0.3) is 5.91 Å². The van der Waals surface area contributed by atoms with Gasteiger partial charge in [0.05, 0.1) is 5.69 Å². The van der Waals surface area contributed by atoms with Crippen molar-refractivity contribution in [2.24, 2.45) is 0 Å². The second kappa shape index (κ2) is 6.11. The second-order valence-electron chi connectivity index (χ2n) is 6.60. The van der Waals surface area contributed by atoms with E-state index in [0.29, 0.717) is 30.8 Å². The number of piperazine rings is 1. The molecule has 8 heteroatoms. The van der Waals surface area contributed by atoms with Gasteiger partial charge in [-0.15, -0.1) is 0 Å². The molecule has 0 radical (unpaired) electrons. The van der Waals surface area contributed by atoms with E-state index in [9.17, 15) is 18.8 Å². The summed E-state index contributed by atoms with van der Waals surface area (Å²) < 4.78 is 14.5. The van der Waals surface area contributed by atoms with Crippen molar-refractivity contribution >= 4 is 23.4 Å². The SMILES string of the molecule is O=C1CC[C@@H](N2Cc3cc(N4CCNCC4)c(F)cc3C2=O)C(=O)N1. The van der Waals surface area contributed by atoms with Crippen LogP contribution in [0.5, 0.6) is 0 Å². The van der Waals surface area contributed by atoms with Gasteiger partial charge in [-0.1, -0.05) is 0 Å². The van der Waals surface area contributed by atoms with E-state index in [1.807, 2.05) is 4.90 Å². The van der Waals surface area contributed by atoms with Crippen molar-refractivity contribution in [2.45, 2.75) is 25.4 Å². The molecule has 25 heavy (non-hydrogen) atoms. The van der Waals surface area contributed by atoms with Gasteiger partial charge >= 0.3 is 0 Å². The lowest BCUT2D eigenvalue weighted by atomic mass is 10.0. The maximum Gasteiger partial charge on any atom is 0.255 e. The number of carbonyl (C=O) groups excluding carboxylic acids is 3. The van der Waals surface area contributed by atoms with Crippen LogP contribution >= 0.6 is 0 Å². The summed E-state index contributed by atoms with van der Waals surface area (Å²) >= 11 is 0. The lowest BCUT2D eigenvalue weighted by molar-refractivity contribution is -0.136. The molecule has 3 heterocycles. The first kappa shape index (κ1) is 16.0. The molecule has 2 N–H and O–H groups in total. The first-order valence-corrected chi connectivity index (χ1v) is 8.47. The van der Waals surface area contributed by atoms with Crippen LogP contribution in [0.25, 0.3) is 0 Å². The lowest BCUT2D eigenvalue weighted by Crippen LogP contribution is -2.52. The van der Waals surface area contributed by atoms with E-state index in [1.54, 1.807) is 6.07 Å². The van der Waals surface area contributed by atoms with Crippen LogP contribution < -0.4 is 15.5 Å². The van der Waals surface area contributed by atoms with Crippen molar-refractivity contribution in [3.05, 3.63) is 29.1 Å². The van der Waals surface area contributed by atoms with Crippen molar-refractivity contribution in [1.82, 2.24) is 15.5 Å². The lowest BCUT2D eigenvalue weighted by Gasteiger charge is -2.30. The number of carbonyl (C=O) groups is 3. The number of imide groups is 1. The Hall–Kier alpha value is -2.48. The molecular formula is C17H19FN4O3. The van der Waals surface area contributed by atoms with E-state index in [0.717, 1.165) is 18.7 Å². The Morgan fingerprint density at radius 1 is 1.12 bits per heavy atom. The zero-order valence-corrected chi connectivity index (χ0v) is 13.7. The van der Waals surface area contributed by atoms with Gasteiger partial charge in [-0.25, -0.2) is 4.39 Å². The van der Waals surface area contributed by atoms with E-state index in [4.69, 9.17) is 0 Å². The molecule has 4 rings (SSSR count). The zero-order valence-electron chi connectivity index (χ0n) is 13.7. The van der Waals surface area contributed by atoms with E-state index < -0.39 is 17.8 Å². The molecule has 3 aliphatic heterocycles. The van der Waals surface area contributed by atoms with Gasteiger partial charge in [0, 0.05) is 44.7 Å². The maximum absolute atomic E-state index is 14.5. The molecule has 2 saturated heterocycles. The number of nitrogens with zero attached hydrogens (tertiary/aromatic N) is 2. The van der Waals surface area contributed by atoms with Crippen molar-refractivity contribution in [3.63, 3.8) is 0 Å².